The zero-order chi connectivity index (χ0) is 12.3. The van der Waals surface area contributed by atoms with Gasteiger partial charge in [0.1, 0.15) is 11.9 Å². The first-order chi connectivity index (χ1) is 8.22. The molecule has 1 aliphatic carbocycles. The molecule has 2 rings (SSSR count). The van der Waals surface area contributed by atoms with E-state index in [1.165, 1.54) is 6.20 Å². The van der Waals surface area contributed by atoms with Gasteiger partial charge in [-0.15, -0.1) is 0 Å². The molecule has 0 aliphatic heterocycles. The van der Waals surface area contributed by atoms with Gasteiger partial charge in [-0.25, -0.2) is 0 Å². The normalized spacial score (nSPS) is 16.6. The predicted octanol–water partition coefficient (Wildman–Crippen LogP) is 1.82. The van der Waals surface area contributed by atoms with Crippen molar-refractivity contribution < 1.29 is 14.6 Å². The van der Waals surface area contributed by atoms with Gasteiger partial charge in [-0.05, 0) is 31.2 Å². The SMILES string of the molecule is CCCOc1cncc(C(=O)C(O)C2CC2)c1. The van der Waals surface area contributed by atoms with Gasteiger partial charge in [-0.1, -0.05) is 6.92 Å². The molecular weight excluding hydrogens is 218 g/mol. The Balaban J connectivity index is 2.06. The van der Waals surface area contributed by atoms with Gasteiger partial charge in [0, 0.05) is 11.8 Å². The second kappa shape index (κ2) is 5.27. The first-order valence-electron chi connectivity index (χ1n) is 6.02. The first kappa shape index (κ1) is 12.0. The van der Waals surface area contributed by atoms with E-state index in [1.54, 1.807) is 12.3 Å². The van der Waals surface area contributed by atoms with E-state index in [0.29, 0.717) is 17.9 Å². The molecule has 92 valence electrons. The minimum atomic E-state index is -0.877. The molecule has 1 unspecified atom stereocenters. The maximum atomic E-state index is 11.9. The molecule has 1 aromatic rings. The average Bonchev–Trinajstić information content (AvgIpc) is 3.19. The van der Waals surface area contributed by atoms with Gasteiger partial charge in [0.25, 0.3) is 0 Å². The van der Waals surface area contributed by atoms with Crippen LogP contribution in [0.5, 0.6) is 5.75 Å². The molecule has 0 spiro atoms. The minimum absolute atomic E-state index is 0.141. The van der Waals surface area contributed by atoms with Crippen LogP contribution in [0.4, 0.5) is 0 Å². The average molecular weight is 235 g/mol. The molecule has 4 nitrogen and oxygen atoms in total. The maximum absolute atomic E-state index is 11.9. The van der Waals surface area contributed by atoms with E-state index in [2.05, 4.69) is 4.98 Å². The fourth-order valence-corrected chi connectivity index (χ4v) is 1.65. The van der Waals surface area contributed by atoms with Crippen LogP contribution in [-0.2, 0) is 0 Å². The Morgan fingerprint density at radius 2 is 2.35 bits per heavy atom. The van der Waals surface area contributed by atoms with Crippen molar-refractivity contribution in [2.75, 3.05) is 6.61 Å². The molecule has 1 aromatic heterocycles. The van der Waals surface area contributed by atoms with Crippen molar-refractivity contribution in [1.29, 1.82) is 0 Å². The number of Topliss-reactive ketones (excluding diaryl/α,β-unsaturated/α-hetero) is 1. The standard InChI is InChI=1S/C13H17NO3/c1-2-5-17-11-6-10(7-14-8-11)13(16)12(15)9-3-4-9/h6-9,12,15H,2-5H2,1H3. The Labute approximate surface area is 101 Å². The number of carbonyl (C=O) groups is 1. The minimum Gasteiger partial charge on any atom is -0.492 e. The Hall–Kier alpha value is -1.42. The summed E-state index contributed by atoms with van der Waals surface area (Å²) >= 11 is 0. The summed E-state index contributed by atoms with van der Waals surface area (Å²) in [5.41, 5.74) is 0.429. The molecule has 1 N–H and O–H groups in total. The highest BCUT2D eigenvalue weighted by Crippen LogP contribution is 2.34. The summed E-state index contributed by atoms with van der Waals surface area (Å²) in [7, 11) is 0. The van der Waals surface area contributed by atoms with Crippen molar-refractivity contribution >= 4 is 5.78 Å². The van der Waals surface area contributed by atoms with E-state index in [4.69, 9.17) is 4.74 Å². The molecule has 0 bridgehead atoms. The van der Waals surface area contributed by atoms with E-state index in [-0.39, 0.29) is 11.7 Å². The van der Waals surface area contributed by atoms with Gasteiger partial charge in [0.15, 0.2) is 5.78 Å². The van der Waals surface area contributed by atoms with E-state index in [0.717, 1.165) is 19.3 Å². The molecule has 1 heterocycles. The van der Waals surface area contributed by atoms with E-state index < -0.39 is 6.10 Å². The van der Waals surface area contributed by atoms with Crippen molar-refractivity contribution in [2.24, 2.45) is 5.92 Å². The van der Waals surface area contributed by atoms with Crippen LogP contribution in [0.2, 0.25) is 0 Å². The van der Waals surface area contributed by atoms with Gasteiger partial charge >= 0.3 is 0 Å². The summed E-state index contributed by atoms with van der Waals surface area (Å²) in [4.78, 5) is 15.9. The van der Waals surface area contributed by atoms with Crippen LogP contribution in [0.25, 0.3) is 0 Å². The van der Waals surface area contributed by atoms with Gasteiger partial charge < -0.3 is 9.84 Å². The van der Waals surface area contributed by atoms with Crippen LogP contribution < -0.4 is 4.74 Å². The summed E-state index contributed by atoms with van der Waals surface area (Å²) in [5, 5.41) is 9.76. The van der Waals surface area contributed by atoms with Crippen LogP contribution in [0.3, 0.4) is 0 Å². The molecular formula is C13H17NO3. The summed E-state index contributed by atoms with van der Waals surface area (Å²) < 4.78 is 5.41. The monoisotopic (exact) mass is 235 g/mol. The molecule has 0 amide bonds. The van der Waals surface area contributed by atoms with Gasteiger partial charge in [-0.3, -0.25) is 9.78 Å². The van der Waals surface area contributed by atoms with Crippen LogP contribution in [0.1, 0.15) is 36.5 Å². The Morgan fingerprint density at radius 1 is 1.59 bits per heavy atom. The van der Waals surface area contributed by atoms with Crippen molar-refractivity contribution in [3.05, 3.63) is 24.0 Å². The number of hydrogen-bond acceptors (Lipinski definition) is 4. The van der Waals surface area contributed by atoms with E-state index in [9.17, 15) is 9.90 Å². The number of pyridine rings is 1. The maximum Gasteiger partial charge on any atom is 0.193 e. The number of carbonyl (C=O) groups excluding carboxylic acids is 1. The Morgan fingerprint density at radius 3 is 3.00 bits per heavy atom. The van der Waals surface area contributed by atoms with Crippen LogP contribution in [0.15, 0.2) is 18.5 Å². The predicted molar refractivity (Wildman–Crippen MR) is 63.1 cm³/mol. The van der Waals surface area contributed by atoms with Crippen molar-refractivity contribution in [3.63, 3.8) is 0 Å². The van der Waals surface area contributed by atoms with E-state index >= 15 is 0 Å². The second-order valence-corrected chi connectivity index (χ2v) is 4.40. The van der Waals surface area contributed by atoms with Gasteiger partial charge in [0.2, 0.25) is 0 Å². The first-order valence-corrected chi connectivity index (χ1v) is 6.02. The van der Waals surface area contributed by atoms with Gasteiger partial charge in [0.05, 0.1) is 12.8 Å². The number of hydrogen-bond donors (Lipinski definition) is 1. The fourth-order valence-electron chi connectivity index (χ4n) is 1.65. The highest BCUT2D eigenvalue weighted by atomic mass is 16.5. The van der Waals surface area contributed by atoms with Crippen LogP contribution in [0, 0.1) is 5.92 Å². The number of ketones is 1. The lowest BCUT2D eigenvalue weighted by Crippen LogP contribution is -2.22. The zero-order valence-electron chi connectivity index (χ0n) is 9.93. The molecule has 1 fully saturated rings. The van der Waals surface area contributed by atoms with Crippen molar-refractivity contribution in [2.45, 2.75) is 32.3 Å². The molecule has 0 radical (unpaired) electrons. The highest BCUT2D eigenvalue weighted by Gasteiger charge is 2.35. The smallest absolute Gasteiger partial charge is 0.193 e. The number of aromatic nitrogens is 1. The van der Waals surface area contributed by atoms with Crippen molar-refractivity contribution in [1.82, 2.24) is 4.98 Å². The lowest BCUT2D eigenvalue weighted by atomic mass is 10.0. The number of ether oxygens (including phenoxy) is 1. The summed E-state index contributed by atoms with van der Waals surface area (Å²) in [6.45, 7) is 2.61. The molecule has 1 aliphatic rings. The third kappa shape index (κ3) is 3.03. The number of aliphatic hydroxyl groups excluding tert-OH is 1. The Bertz CT molecular complexity index is 401. The molecule has 0 saturated heterocycles. The lowest BCUT2D eigenvalue weighted by molar-refractivity contribution is 0.0703. The number of aliphatic hydroxyl groups is 1. The summed E-state index contributed by atoms with van der Waals surface area (Å²) in [6.07, 6.45) is 4.96. The molecule has 17 heavy (non-hydrogen) atoms. The topological polar surface area (TPSA) is 59.4 Å². The zero-order valence-corrected chi connectivity index (χ0v) is 9.93. The van der Waals surface area contributed by atoms with E-state index in [1.807, 2.05) is 6.92 Å². The molecule has 0 aromatic carbocycles. The van der Waals surface area contributed by atoms with Gasteiger partial charge in [-0.2, -0.15) is 0 Å². The summed E-state index contributed by atoms with van der Waals surface area (Å²) in [6, 6.07) is 1.65. The van der Waals surface area contributed by atoms with Crippen LogP contribution in [-0.4, -0.2) is 28.6 Å². The van der Waals surface area contributed by atoms with Crippen LogP contribution >= 0.6 is 0 Å². The highest BCUT2D eigenvalue weighted by molar-refractivity contribution is 5.99. The Kier molecular flexibility index (Phi) is 3.74. The quantitative estimate of drug-likeness (QED) is 0.764. The second-order valence-electron chi connectivity index (χ2n) is 4.40. The number of rotatable bonds is 6. The summed E-state index contributed by atoms with van der Waals surface area (Å²) in [5.74, 6) is 0.477. The van der Waals surface area contributed by atoms with Crippen molar-refractivity contribution in [3.8, 4) is 5.75 Å². The third-order valence-corrected chi connectivity index (χ3v) is 2.81. The molecule has 1 atom stereocenters. The largest absolute Gasteiger partial charge is 0.492 e. The number of nitrogens with zero attached hydrogens (tertiary/aromatic N) is 1. The third-order valence-electron chi connectivity index (χ3n) is 2.81. The molecule has 1 saturated carbocycles. The lowest BCUT2D eigenvalue weighted by Gasteiger charge is -2.09. The fraction of sp³-hybridized carbons (Fsp3) is 0.538. The molecule has 4 heteroatoms.